The van der Waals surface area contributed by atoms with Gasteiger partial charge in [-0.2, -0.15) is 0 Å². The summed E-state index contributed by atoms with van der Waals surface area (Å²) in [6.45, 7) is 2.01. The molecular weight excluding hydrogens is 258 g/mol. The standard InChI is InChI=1S/C16H22ClNO/c1-12(14-7-9-15(17)10-8-14)18-16(19)11-6-13-4-2-3-5-13/h7-10,12-13H,2-6,11H2,1H3,(H,18,19). The van der Waals surface area contributed by atoms with Crippen LogP contribution in [0.2, 0.25) is 5.02 Å². The molecule has 0 aliphatic heterocycles. The zero-order valence-electron chi connectivity index (χ0n) is 11.5. The molecule has 0 saturated heterocycles. The molecule has 1 N–H and O–H groups in total. The van der Waals surface area contributed by atoms with Gasteiger partial charge < -0.3 is 5.32 Å². The third-order valence-electron chi connectivity index (χ3n) is 4.00. The van der Waals surface area contributed by atoms with Crippen molar-refractivity contribution in [3.63, 3.8) is 0 Å². The smallest absolute Gasteiger partial charge is 0.220 e. The van der Waals surface area contributed by atoms with Gasteiger partial charge in [-0.05, 0) is 37.0 Å². The molecule has 1 unspecified atom stereocenters. The molecule has 3 heteroatoms. The molecule has 2 nitrogen and oxygen atoms in total. The summed E-state index contributed by atoms with van der Waals surface area (Å²) in [5.41, 5.74) is 1.10. The Hall–Kier alpha value is -1.02. The number of benzene rings is 1. The highest BCUT2D eigenvalue weighted by molar-refractivity contribution is 6.30. The highest BCUT2D eigenvalue weighted by Gasteiger charge is 2.17. The number of hydrogen-bond donors (Lipinski definition) is 1. The molecule has 2 rings (SSSR count). The minimum atomic E-state index is 0.0494. The van der Waals surface area contributed by atoms with E-state index in [1.807, 2.05) is 31.2 Å². The van der Waals surface area contributed by atoms with Crippen molar-refractivity contribution in [2.75, 3.05) is 0 Å². The summed E-state index contributed by atoms with van der Waals surface area (Å²) in [5.74, 6) is 0.936. The fourth-order valence-corrected chi connectivity index (χ4v) is 2.91. The lowest BCUT2D eigenvalue weighted by atomic mass is 10.0. The maximum absolute atomic E-state index is 11.9. The maximum atomic E-state index is 11.9. The second-order valence-electron chi connectivity index (χ2n) is 5.53. The summed E-state index contributed by atoms with van der Waals surface area (Å²) < 4.78 is 0. The van der Waals surface area contributed by atoms with E-state index in [4.69, 9.17) is 11.6 Å². The quantitative estimate of drug-likeness (QED) is 0.845. The molecule has 1 aliphatic carbocycles. The Morgan fingerprint density at radius 3 is 2.58 bits per heavy atom. The van der Waals surface area contributed by atoms with Gasteiger partial charge in [-0.15, -0.1) is 0 Å². The highest BCUT2D eigenvalue weighted by atomic mass is 35.5. The van der Waals surface area contributed by atoms with E-state index in [2.05, 4.69) is 5.32 Å². The molecular formula is C16H22ClNO. The van der Waals surface area contributed by atoms with Gasteiger partial charge in [0.1, 0.15) is 0 Å². The van der Waals surface area contributed by atoms with Gasteiger partial charge in [0.25, 0.3) is 0 Å². The Morgan fingerprint density at radius 1 is 1.32 bits per heavy atom. The van der Waals surface area contributed by atoms with Gasteiger partial charge in [0.2, 0.25) is 5.91 Å². The van der Waals surface area contributed by atoms with Gasteiger partial charge in [-0.1, -0.05) is 49.4 Å². The van der Waals surface area contributed by atoms with Crippen molar-refractivity contribution < 1.29 is 4.79 Å². The maximum Gasteiger partial charge on any atom is 0.220 e. The number of rotatable bonds is 5. The van der Waals surface area contributed by atoms with Crippen molar-refractivity contribution in [3.05, 3.63) is 34.9 Å². The van der Waals surface area contributed by atoms with E-state index in [0.717, 1.165) is 22.9 Å². The molecule has 1 aromatic rings. The molecule has 19 heavy (non-hydrogen) atoms. The fraction of sp³-hybridized carbons (Fsp3) is 0.562. The summed E-state index contributed by atoms with van der Waals surface area (Å²) in [7, 11) is 0. The van der Waals surface area contributed by atoms with Gasteiger partial charge in [-0.25, -0.2) is 0 Å². The molecule has 0 spiro atoms. The average Bonchev–Trinajstić information content (AvgIpc) is 2.90. The van der Waals surface area contributed by atoms with Crippen LogP contribution in [0.4, 0.5) is 0 Å². The molecule has 104 valence electrons. The molecule has 1 aliphatic rings. The highest BCUT2D eigenvalue weighted by Crippen LogP contribution is 2.28. The van der Waals surface area contributed by atoms with Gasteiger partial charge in [0, 0.05) is 11.4 Å². The zero-order chi connectivity index (χ0) is 13.7. The van der Waals surface area contributed by atoms with E-state index in [9.17, 15) is 4.79 Å². The Balaban J connectivity index is 1.76. The van der Waals surface area contributed by atoms with Crippen molar-refractivity contribution in [1.29, 1.82) is 0 Å². The predicted octanol–water partition coefficient (Wildman–Crippen LogP) is 4.49. The van der Waals surface area contributed by atoms with Gasteiger partial charge in [0.05, 0.1) is 6.04 Å². The topological polar surface area (TPSA) is 29.1 Å². The van der Waals surface area contributed by atoms with Crippen molar-refractivity contribution >= 4 is 17.5 Å². The van der Waals surface area contributed by atoms with E-state index >= 15 is 0 Å². The summed E-state index contributed by atoms with van der Waals surface area (Å²) >= 11 is 5.86. The molecule has 1 aromatic carbocycles. The monoisotopic (exact) mass is 279 g/mol. The van der Waals surface area contributed by atoms with Crippen LogP contribution < -0.4 is 5.32 Å². The van der Waals surface area contributed by atoms with Gasteiger partial charge >= 0.3 is 0 Å². The largest absolute Gasteiger partial charge is 0.350 e. The van der Waals surface area contributed by atoms with E-state index in [1.54, 1.807) is 0 Å². The summed E-state index contributed by atoms with van der Waals surface area (Å²) in [6.07, 6.45) is 6.99. The number of nitrogens with one attached hydrogen (secondary N) is 1. The average molecular weight is 280 g/mol. The van der Waals surface area contributed by atoms with Crippen LogP contribution in [-0.4, -0.2) is 5.91 Å². The molecule has 1 amide bonds. The van der Waals surface area contributed by atoms with Crippen LogP contribution in [-0.2, 0) is 4.79 Å². The lowest BCUT2D eigenvalue weighted by molar-refractivity contribution is -0.122. The minimum Gasteiger partial charge on any atom is -0.350 e. The Kier molecular flexibility index (Phi) is 5.26. The van der Waals surface area contributed by atoms with E-state index in [0.29, 0.717) is 6.42 Å². The number of carbonyl (C=O) groups excluding carboxylic acids is 1. The molecule has 1 atom stereocenters. The van der Waals surface area contributed by atoms with E-state index < -0.39 is 0 Å². The zero-order valence-corrected chi connectivity index (χ0v) is 12.2. The number of hydrogen-bond acceptors (Lipinski definition) is 1. The summed E-state index contributed by atoms with van der Waals surface area (Å²) in [6, 6.07) is 7.69. The summed E-state index contributed by atoms with van der Waals surface area (Å²) in [4.78, 5) is 11.9. The van der Waals surface area contributed by atoms with Crippen LogP contribution >= 0.6 is 11.6 Å². The predicted molar refractivity (Wildman–Crippen MR) is 79.2 cm³/mol. The normalized spacial score (nSPS) is 17.4. The molecule has 0 radical (unpaired) electrons. The molecule has 1 fully saturated rings. The minimum absolute atomic E-state index is 0.0494. The van der Waals surface area contributed by atoms with Crippen LogP contribution in [0, 0.1) is 5.92 Å². The number of halogens is 1. The second-order valence-corrected chi connectivity index (χ2v) is 5.97. The van der Waals surface area contributed by atoms with Crippen LogP contribution in [0.15, 0.2) is 24.3 Å². The number of amides is 1. The van der Waals surface area contributed by atoms with Crippen LogP contribution in [0.5, 0.6) is 0 Å². The lowest BCUT2D eigenvalue weighted by Gasteiger charge is -2.15. The molecule has 0 aromatic heterocycles. The van der Waals surface area contributed by atoms with E-state index in [1.165, 1.54) is 25.7 Å². The SMILES string of the molecule is CC(NC(=O)CCC1CCCC1)c1ccc(Cl)cc1. The van der Waals surface area contributed by atoms with Crippen molar-refractivity contribution in [2.45, 2.75) is 51.5 Å². The first-order valence-corrected chi connectivity index (χ1v) is 7.58. The molecule has 0 bridgehead atoms. The van der Waals surface area contributed by atoms with Gasteiger partial charge in [-0.3, -0.25) is 4.79 Å². The molecule has 1 saturated carbocycles. The molecule has 0 heterocycles. The lowest BCUT2D eigenvalue weighted by Crippen LogP contribution is -2.26. The number of carbonyl (C=O) groups is 1. The van der Waals surface area contributed by atoms with E-state index in [-0.39, 0.29) is 11.9 Å². The van der Waals surface area contributed by atoms with Crippen LogP contribution in [0.3, 0.4) is 0 Å². The first-order valence-electron chi connectivity index (χ1n) is 7.20. The Morgan fingerprint density at radius 2 is 1.95 bits per heavy atom. The Bertz CT molecular complexity index is 409. The first-order chi connectivity index (χ1) is 9.15. The van der Waals surface area contributed by atoms with Crippen LogP contribution in [0.25, 0.3) is 0 Å². The first kappa shape index (κ1) is 14.4. The fourth-order valence-electron chi connectivity index (χ4n) is 2.78. The Labute approximate surface area is 120 Å². The van der Waals surface area contributed by atoms with Crippen molar-refractivity contribution in [3.8, 4) is 0 Å². The third kappa shape index (κ3) is 4.54. The van der Waals surface area contributed by atoms with Gasteiger partial charge in [0.15, 0.2) is 0 Å². The second kappa shape index (κ2) is 6.95. The van der Waals surface area contributed by atoms with Crippen molar-refractivity contribution in [2.24, 2.45) is 5.92 Å². The van der Waals surface area contributed by atoms with Crippen LogP contribution in [0.1, 0.15) is 57.1 Å². The third-order valence-corrected chi connectivity index (χ3v) is 4.25. The van der Waals surface area contributed by atoms with Crippen molar-refractivity contribution in [1.82, 2.24) is 5.32 Å². The summed E-state index contributed by atoms with van der Waals surface area (Å²) in [5, 5.41) is 3.78.